The van der Waals surface area contributed by atoms with E-state index in [0.29, 0.717) is 36.6 Å². The Kier molecular flexibility index (Phi) is 5.55. The van der Waals surface area contributed by atoms with Gasteiger partial charge in [-0.15, -0.1) is 0 Å². The number of carbonyl (C=O) groups is 2. The lowest BCUT2D eigenvalue weighted by atomic mass is 9.83. The highest BCUT2D eigenvalue weighted by Crippen LogP contribution is 2.35. The van der Waals surface area contributed by atoms with Crippen molar-refractivity contribution in [2.45, 2.75) is 18.9 Å². The maximum Gasteiger partial charge on any atom is 0.323 e. The Morgan fingerprint density at radius 2 is 1.91 bits per heavy atom. The van der Waals surface area contributed by atoms with Crippen LogP contribution in [0.5, 0.6) is 0 Å². The summed E-state index contributed by atoms with van der Waals surface area (Å²) in [6.45, 7) is 1.57. The van der Waals surface area contributed by atoms with Crippen molar-refractivity contribution in [2.75, 3.05) is 23.7 Å². The van der Waals surface area contributed by atoms with Gasteiger partial charge in [-0.2, -0.15) is 5.26 Å². The smallest absolute Gasteiger partial charge is 0.323 e. The third-order valence-electron chi connectivity index (χ3n) is 6.27. The average molecular weight is 454 g/mol. The molecule has 3 aromatic rings. The SMILES string of the molecule is N#Cc1cccc(NC(=O)Nc2ccc3n(c2=O)C[C@H]2C[C@@H]3CN(C(=O)c3ccccn3)C2)c1. The maximum atomic E-state index is 13.2. The molecule has 9 heteroatoms. The van der Waals surface area contributed by atoms with Crippen LogP contribution >= 0.6 is 0 Å². The second-order valence-electron chi connectivity index (χ2n) is 8.58. The topological polar surface area (TPSA) is 120 Å². The van der Waals surface area contributed by atoms with Crippen molar-refractivity contribution >= 4 is 23.3 Å². The summed E-state index contributed by atoms with van der Waals surface area (Å²) in [6.07, 6.45) is 2.52. The van der Waals surface area contributed by atoms with Crippen LogP contribution in [0.2, 0.25) is 0 Å². The molecular formula is C25H22N6O3. The number of pyridine rings is 2. The molecule has 9 nitrogen and oxygen atoms in total. The van der Waals surface area contributed by atoms with Crippen LogP contribution < -0.4 is 16.2 Å². The van der Waals surface area contributed by atoms with E-state index >= 15 is 0 Å². The Labute approximate surface area is 195 Å². The van der Waals surface area contributed by atoms with E-state index in [2.05, 4.69) is 15.6 Å². The van der Waals surface area contributed by atoms with Crippen molar-refractivity contribution < 1.29 is 9.59 Å². The molecule has 0 radical (unpaired) electrons. The third-order valence-corrected chi connectivity index (χ3v) is 6.27. The van der Waals surface area contributed by atoms with E-state index in [0.717, 1.165) is 12.1 Å². The molecule has 2 N–H and O–H groups in total. The Hall–Kier alpha value is -4.45. The van der Waals surface area contributed by atoms with E-state index in [1.54, 1.807) is 59.3 Å². The van der Waals surface area contributed by atoms with Gasteiger partial charge in [0.25, 0.3) is 11.5 Å². The Balaban J connectivity index is 1.32. The number of aromatic nitrogens is 2. The number of urea groups is 1. The summed E-state index contributed by atoms with van der Waals surface area (Å²) in [5.74, 6) is 0.0976. The number of hydrogen-bond acceptors (Lipinski definition) is 5. The molecule has 2 aliphatic rings. The standard InChI is InChI=1S/C25H22N6O3/c26-12-16-4-3-5-19(11-16)28-25(34)29-21-7-8-22-18-10-17(14-31(22)24(21)33)13-30(15-18)23(32)20-6-1-2-9-27-20/h1-9,11,17-18H,10,13-15H2,(H2,28,29,34)/t17-,18+/m0/s1. The molecule has 3 amide bonds. The van der Waals surface area contributed by atoms with Gasteiger partial charge in [0.15, 0.2) is 0 Å². The average Bonchev–Trinajstić information content (AvgIpc) is 2.86. The lowest BCUT2D eigenvalue weighted by molar-refractivity contribution is 0.0589. The molecule has 0 spiro atoms. The lowest BCUT2D eigenvalue weighted by Crippen LogP contribution is -2.49. The summed E-state index contributed by atoms with van der Waals surface area (Å²) in [6, 6.07) is 16.7. The molecule has 2 bridgehead atoms. The summed E-state index contributed by atoms with van der Waals surface area (Å²) < 4.78 is 1.72. The molecule has 1 saturated heterocycles. The molecule has 1 fully saturated rings. The predicted octanol–water partition coefficient (Wildman–Crippen LogP) is 3.02. The number of nitrogens with one attached hydrogen (secondary N) is 2. The zero-order valence-electron chi connectivity index (χ0n) is 18.3. The number of piperidine rings is 1. The molecule has 0 saturated carbocycles. The molecule has 2 atom stereocenters. The van der Waals surface area contributed by atoms with Gasteiger partial charge in [0.05, 0.1) is 11.6 Å². The van der Waals surface area contributed by atoms with E-state index in [1.807, 2.05) is 17.0 Å². The summed E-state index contributed by atoms with van der Waals surface area (Å²) >= 11 is 0. The number of carbonyl (C=O) groups excluding carboxylic acids is 2. The fourth-order valence-electron chi connectivity index (χ4n) is 4.81. The van der Waals surface area contributed by atoms with Crippen LogP contribution in [-0.2, 0) is 6.54 Å². The highest BCUT2D eigenvalue weighted by Gasteiger charge is 2.37. The fraction of sp³-hybridized carbons (Fsp3) is 0.240. The highest BCUT2D eigenvalue weighted by molar-refractivity contribution is 5.99. The molecule has 0 aliphatic carbocycles. The van der Waals surface area contributed by atoms with Gasteiger partial charge in [-0.05, 0) is 54.8 Å². The first kappa shape index (κ1) is 21.4. The summed E-state index contributed by atoms with van der Waals surface area (Å²) in [7, 11) is 0. The number of rotatable bonds is 3. The molecule has 0 unspecified atom stereocenters. The van der Waals surface area contributed by atoms with Gasteiger partial charge >= 0.3 is 6.03 Å². The Morgan fingerprint density at radius 3 is 2.71 bits per heavy atom. The van der Waals surface area contributed by atoms with Gasteiger partial charge in [0.2, 0.25) is 0 Å². The number of anilines is 2. The minimum absolute atomic E-state index is 0.0458. The van der Waals surface area contributed by atoms with Gasteiger partial charge in [-0.25, -0.2) is 4.79 Å². The van der Waals surface area contributed by atoms with Gasteiger partial charge in [0.1, 0.15) is 11.4 Å². The normalized spacial score (nSPS) is 18.4. The van der Waals surface area contributed by atoms with E-state index in [-0.39, 0.29) is 29.0 Å². The molecule has 1 aromatic carbocycles. The number of likely N-dealkylation sites (tertiary alicyclic amines) is 1. The Morgan fingerprint density at radius 1 is 1.03 bits per heavy atom. The van der Waals surface area contributed by atoms with Crippen LogP contribution in [0.15, 0.2) is 65.6 Å². The van der Waals surface area contributed by atoms with Crippen molar-refractivity contribution in [3.05, 3.63) is 88.1 Å². The molecular weight excluding hydrogens is 432 g/mol. The minimum Gasteiger partial charge on any atom is -0.336 e. The maximum absolute atomic E-state index is 13.2. The van der Waals surface area contributed by atoms with Crippen LogP contribution in [0.1, 0.15) is 34.1 Å². The number of nitrogens with zero attached hydrogens (tertiary/aromatic N) is 4. The van der Waals surface area contributed by atoms with E-state index in [9.17, 15) is 14.4 Å². The number of nitriles is 1. The van der Waals surface area contributed by atoms with Crippen LogP contribution in [0.4, 0.5) is 16.2 Å². The van der Waals surface area contributed by atoms with E-state index in [4.69, 9.17) is 5.26 Å². The molecule has 2 aliphatic heterocycles. The van der Waals surface area contributed by atoms with Crippen molar-refractivity contribution in [2.24, 2.45) is 5.92 Å². The summed E-state index contributed by atoms with van der Waals surface area (Å²) in [5.41, 5.74) is 2.09. The van der Waals surface area contributed by atoms with Crippen molar-refractivity contribution in [3.63, 3.8) is 0 Å². The van der Waals surface area contributed by atoms with Crippen LogP contribution in [-0.4, -0.2) is 39.5 Å². The predicted molar refractivity (Wildman–Crippen MR) is 125 cm³/mol. The summed E-state index contributed by atoms with van der Waals surface area (Å²) in [5, 5.41) is 14.3. The Bertz CT molecular complexity index is 1360. The number of amides is 3. The lowest BCUT2D eigenvalue weighted by Gasteiger charge is -2.42. The first-order chi connectivity index (χ1) is 16.5. The second kappa shape index (κ2) is 8.83. The molecule has 34 heavy (non-hydrogen) atoms. The molecule has 4 heterocycles. The van der Waals surface area contributed by atoms with Crippen molar-refractivity contribution in [1.29, 1.82) is 5.26 Å². The van der Waals surface area contributed by atoms with Crippen molar-refractivity contribution in [3.8, 4) is 6.07 Å². The molecule has 170 valence electrons. The van der Waals surface area contributed by atoms with Crippen LogP contribution in [0.3, 0.4) is 0 Å². The van der Waals surface area contributed by atoms with Gasteiger partial charge < -0.3 is 20.1 Å². The summed E-state index contributed by atoms with van der Waals surface area (Å²) in [4.78, 5) is 44.5. The van der Waals surface area contributed by atoms with E-state index < -0.39 is 6.03 Å². The zero-order valence-corrected chi connectivity index (χ0v) is 18.3. The largest absolute Gasteiger partial charge is 0.336 e. The van der Waals surface area contributed by atoms with Gasteiger partial charge in [-0.3, -0.25) is 14.6 Å². The number of fused-ring (bicyclic) bond motifs is 4. The monoisotopic (exact) mass is 454 g/mol. The quantitative estimate of drug-likeness (QED) is 0.630. The number of benzene rings is 1. The molecule has 5 rings (SSSR count). The van der Waals surface area contributed by atoms with Crippen LogP contribution in [0.25, 0.3) is 0 Å². The van der Waals surface area contributed by atoms with E-state index in [1.165, 1.54) is 0 Å². The second-order valence-corrected chi connectivity index (χ2v) is 8.58. The first-order valence-corrected chi connectivity index (χ1v) is 11.0. The fourth-order valence-corrected chi connectivity index (χ4v) is 4.81. The third kappa shape index (κ3) is 4.13. The highest BCUT2D eigenvalue weighted by atomic mass is 16.2. The van der Waals surface area contributed by atoms with Gasteiger partial charge in [0, 0.05) is 43.1 Å². The minimum atomic E-state index is -0.559. The first-order valence-electron chi connectivity index (χ1n) is 11.0. The van der Waals surface area contributed by atoms with Gasteiger partial charge in [-0.1, -0.05) is 12.1 Å². The number of hydrogen-bond donors (Lipinski definition) is 2. The van der Waals surface area contributed by atoms with Crippen molar-refractivity contribution in [1.82, 2.24) is 14.5 Å². The molecule has 2 aromatic heterocycles. The van der Waals surface area contributed by atoms with Crippen LogP contribution in [0, 0.1) is 17.2 Å². The zero-order chi connectivity index (χ0) is 23.7.